The zero-order valence-corrected chi connectivity index (χ0v) is 33.7. The number of hydrogen-bond acceptors (Lipinski definition) is 9. The number of methoxy groups -OCH3 is 1. The Kier molecular flexibility index (Phi) is 13.7. The number of Topliss-reactive ketones (excluding diaryl/α,β-unsaturated/α-hetero) is 2. The first-order valence-electron chi connectivity index (χ1n) is 18.7. The fraction of sp³-hybridized carbons (Fsp3) is 0.292. The lowest BCUT2D eigenvalue weighted by Gasteiger charge is -2.27. The molecule has 2 aromatic carbocycles. The van der Waals surface area contributed by atoms with E-state index in [1.807, 2.05) is 88.4 Å². The van der Waals surface area contributed by atoms with Gasteiger partial charge in [0.15, 0.2) is 11.6 Å². The van der Waals surface area contributed by atoms with Crippen LogP contribution >= 0.6 is 0 Å². The molecule has 9 nitrogen and oxygen atoms in total. The second-order valence-corrected chi connectivity index (χ2v) is 14.0. The minimum Gasteiger partial charge on any atom is -0.437 e. The number of nitrogens with zero attached hydrogens (tertiary/aromatic N) is 2. The van der Waals surface area contributed by atoms with Gasteiger partial charge in [0.25, 0.3) is 0 Å². The minimum atomic E-state index is -0.837. The summed E-state index contributed by atoms with van der Waals surface area (Å²) in [6.07, 6.45) is 4.07. The average Bonchev–Trinajstić information content (AvgIpc) is 3.17. The normalized spacial score (nSPS) is 16.3. The Hall–Kier alpha value is -6.58. The molecule has 0 N–H and O–H groups in total. The van der Waals surface area contributed by atoms with E-state index in [9.17, 15) is 19.2 Å². The second kappa shape index (κ2) is 18.8. The van der Waals surface area contributed by atoms with Crippen molar-refractivity contribution >= 4 is 34.8 Å². The van der Waals surface area contributed by atoms with E-state index in [1.54, 1.807) is 26.2 Å². The van der Waals surface area contributed by atoms with Crippen molar-refractivity contribution in [3.05, 3.63) is 140 Å². The Morgan fingerprint density at radius 2 is 1.04 bits per heavy atom. The van der Waals surface area contributed by atoms with Gasteiger partial charge in [0.1, 0.15) is 11.5 Å². The molecule has 2 aromatic heterocycles. The fourth-order valence-corrected chi connectivity index (χ4v) is 7.62. The first kappa shape index (κ1) is 41.6. The summed E-state index contributed by atoms with van der Waals surface area (Å²) in [5, 5.41) is 0. The van der Waals surface area contributed by atoms with E-state index in [2.05, 4.69) is 38.4 Å². The highest BCUT2D eigenvalue weighted by Crippen LogP contribution is 2.42. The second-order valence-electron chi connectivity index (χ2n) is 14.0. The Morgan fingerprint density at radius 3 is 1.37 bits per heavy atom. The maximum Gasteiger partial charge on any atom is 0.513 e. The van der Waals surface area contributed by atoms with Crippen molar-refractivity contribution in [2.24, 2.45) is 0 Å². The van der Waals surface area contributed by atoms with Crippen molar-refractivity contribution in [3.63, 3.8) is 0 Å². The first-order valence-corrected chi connectivity index (χ1v) is 18.7. The van der Waals surface area contributed by atoms with E-state index in [0.717, 1.165) is 55.9 Å². The van der Waals surface area contributed by atoms with Gasteiger partial charge in [-0.15, -0.1) is 11.8 Å². The van der Waals surface area contributed by atoms with Gasteiger partial charge in [0.05, 0.1) is 18.3 Å². The average molecular weight is 763 g/mol. The van der Waals surface area contributed by atoms with E-state index in [-0.39, 0.29) is 23.4 Å². The van der Waals surface area contributed by atoms with Gasteiger partial charge < -0.3 is 14.2 Å². The summed E-state index contributed by atoms with van der Waals surface area (Å²) in [6, 6.07) is 19.1. The zero-order chi connectivity index (χ0) is 41.2. The molecule has 0 saturated heterocycles. The van der Waals surface area contributed by atoms with Crippen LogP contribution in [-0.4, -0.2) is 40.8 Å². The van der Waals surface area contributed by atoms with Crippen LogP contribution in [0.2, 0.25) is 0 Å². The number of pyridine rings is 2. The van der Waals surface area contributed by atoms with Crippen molar-refractivity contribution in [1.29, 1.82) is 0 Å². The molecule has 0 aliphatic heterocycles. The molecule has 4 aromatic rings. The number of esters is 1. The number of carbonyl (C=O) groups is 4. The molecule has 0 spiro atoms. The number of aryl methyl sites for hydroxylation is 4. The molecular formula is C48H46N2O7. The van der Waals surface area contributed by atoms with Gasteiger partial charge in [0, 0.05) is 79.4 Å². The maximum absolute atomic E-state index is 13.2. The van der Waals surface area contributed by atoms with E-state index in [4.69, 9.17) is 9.47 Å². The van der Waals surface area contributed by atoms with Gasteiger partial charge in [-0.2, -0.15) is 0 Å². The van der Waals surface area contributed by atoms with Crippen molar-refractivity contribution < 1.29 is 33.4 Å². The molecule has 0 saturated carbocycles. The van der Waals surface area contributed by atoms with Crippen LogP contribution in [0, 0.1) is 51.4 Å². The molecular weight excluding hydrogens is 717 g/mol. The van der Waals surface area contributed by atoms with Crippen LogP contribution in [0.25, 0.3) is 11.1 Å². The molecule has 2 heterocycles. The molecule has 0 amide bonds. The smallest absolute Gasteiger partial charge is 0.437 e. The van der Waals surface area contributed by atoms with Crippen LogP contribution in [0.5, 0.6) is 0 Å². The number of hydrogen-bond donors (Lipinski definition) is 0. The standard InChI is InChI=1S/C24H23NO4.C24H23NO3/c1-5-8-17-11-15(2)22(16(3)12-17)23-20(26)13-18(19-9-6-7-10-25-19)14-21(23)29-24(27)28-4;1-5-8-18-11-15(2)23(16(3)12-18)24-21(27)13-19(14-22(24)28-17(4)26)20-9-6-7-10-25-20/h6-7,9-12,18H,13-14H2,1-4H3;6-7,9-12,19H,13-14H2,1-4H3. The van der Waals surface area contributed by atoms with E-state index in [0.29, 0.717) is 48.3 Å². The third-order valence-corrected chi connectivity index (χ3v) is 9.80. The Morgan fingerprint density at radius 1 is 0.632 bits per heavy atom. The molecule has 6 rings (SSSR count). The van der Waals surface area contributed by atoms with Crippen LogP contribution in [0.1, 0.15) is 114 Å². The number of ketones is 2. The summed E-state index contributed by atoms with van der Waals surface area (Å²) in [6.45, 7) is 12.7. The predicted molar refractivity (Wildman–Crippen MR) is 218 cm³/mol. The Labute approximate surface area is 334 Å². The van der Waals surface area contributed by atoms with Crippen LogP contribution < -0.4 is 0 Å². The minimum absolute atomic E-state index is 0.0290. The van der Waals surface area contributed by atoms with Crippen molar-refractivity contribution in [2.75, 3.05) is 7.11 Å². The van der Waals surface area contributed by atoms with Crippen LogP contribution in [0.3, 0.4) is 0 Å². The van der Waals surface area contributed by atoms with Crippen molar-refractivity contribution in [1.82, 2.24) is 9.97 Å². The highest BCUT2D eigenvalue weighted by atomic mass is 16.7. The lowest BCUT2D eigenvalue weighted by atomic mass is 9.80. The number of benzene rings is 2. The summed E-state index contributed by atoms with van der Waals surface area (Å²) in [5.74, 6) is 11.9. The van der Waals surface area contributed by atoms with Crippen molar-refractivity contribution in [2.45, 2.75) is 86.0 Å². The third-order valence-electron chi connectivity index (χ3n) is 9.80. The maximum atomic E-state index is 13.2. The topological polar surface area (TPSA) is 122 Å². The molecule has 2 atom stereocenters. The summed E-state index contributed by atoms with van der Waals surface area (Å²) >= 11 is 0. The lowest BCUT2D eigenvalue weighted by Crippen LogP contribution is -2.22. The Balaban J connectivity index is 0.000000218. The SMILES string of the molecule is CC#Cc1cc(C)c(C2=C(OC(=O)OC)CC(c3ccccn3)CC2=O)c(C)c1.CC#Cc1cc(C)c(C2=C(OC(C)=O)CC(c3ccccn3)CC2=O)c(C)c1. The van der Waals surface area contributed by atoms with E-state index >= 15 is 0 Å². The Bertz CT molecular complexity index is 2360. The van der Waals surface area contributed by atoms with Gasteiger partial charge in [-0.05, 0) is 123 Å². The van der Waals surface area contributed by atoms with Crippen LogP contribution in [0.15, 0.2) is 84.6 Å². The molecule has 0 radical (unpaired) electrons. The largest absolute Gasteiger partial charge is 0.513 e. The molecule has 57 heavy (non-hydrogen) atoms. The fourth-order valence-electron chi connectivity index (χ4n) is 7.62. The molecule has 2 aliphatic carbocycles. The van der Waals surface area contributed by atoms with Gasteiger partial charge in [-0.1, -0.05) is 24.0 Å². The highest BCUT2D eigenvalue weighted by Gasteiger charge is 2.35. The molecule has 9 heteroatoms. The van der Waals surface area contributed by atoms with Gasteiger partial charge in [-0.3, -0.25) is 24.4 Å². The van der Waals surface area contributed by atoms with Crippen LogP contribution in [0.4, 0.5) is 4.79 Å². The lowest BCUT2D eigenvalue weighted by molar-refractivity contribution is -0.137. The van der Waals surface area contributed by atoms with E-state index in [1.165, 1.54) is 14.0 Å². The number of carbonyl (C=O) groups excluding carboxylic acids is 4. The van der Waals surface area contributed by atoms with Gasteiger partial charge in [0.2, 0.25) is 0 Å². The van der Waals surface area contributed by atoms with Crippen molar-refractivity contribution in [3.8, 4) is 23.7 Å². The molecule has 2 aliphatic rings. The molecule has 290 valence electrons. The monoisotopic (exact) mass is 762 g/mol. The summed E-state index contributed by atoms with van der Waals surface area (Å²) in [7, 11) is 1.25. The first-order chi connectivity index (χ1) is 27.3. The molecule has 0 fully saturated rings. The summed E-state index contributed by atoms with van der Waals surface area (Å²) < 4.78 is 15.7. The molecule has 2 unspecified atom stereocenters. The predicted octanol–water partition coefficient (Wildman–Crippen LogP) is 9.20. The number of aromatic nitrogens is 2. The highest BCUT2D eigenvalue weighted by molar-refractivity contribution is 6.24. The zero-order valence-electron chi connectivity index (χ0n) is 33.7. The quantitative estimate of drug-likeness (QED) is 0.140. The number of ether oxygens (including phenoxy) is 3. The van der Waals surface area contributed by atoms with Crippen LogP contribution in [-0.2, 0) is 28.6 Å². The number of rotatable bonds is 6. The number of allylic oxidation sites excluding steroid dienone is 4. The van der Waals surface area contributed by atoms with Gasteiger partial charge in [-0.25, -0.2) is 4.79 Å². The summed E-state index contributed by atoms with van der Waals surface area (Å²) in [4.78, 5) is 58.8. The van der Waals surface area contributed by atoms with E-state index < -0.39 is 12.1 Å². The summed E-state index contributed by atoms with van der Waals surface area (Å²) in [5.41, 5.74) is 9.71. The third kappa shape index (κ3) is 10.00. The van der Waals surface area contributed by atoms with Gasteiger partial charge >= 0.3 is 12.1 Å². The molecule has 0 bridgehead atoms.